The first-order valence-electron chi connectivity index (χ1n) is 9.46. The summed E-state index contributed by atoms with van der Waals surface area (Å²) in [5.41, 5.74) is 2.45. The Hall–Kier alpha value is -2.67. The minimum atomic E-state index is -0.397. The van der Waals surface area contributed by atoms with Crippen LogP contribution in [0.4, 0.5) is 4.39 Å². The fourth-order valence-electron chi connectivity index (χ4n) is 3.16. The van der Waals surface area contributed by atoms with E-state index in [2.05, 4.69) is 5.32 Å². The predicted octanol–water partition coefficient (Wildman–Crippen LogP) is 5.51. The molecule has 0 bridgehead atoms. The van der Waals surface area contributed by atoms with Crippen LogP contribution in [0.25, 0.3) is 0 Å². The Morgan fingerprint density at radius 3 is 2.48 bits per heavy atom. The van der Waals surface area contributed by atoms with Gasteiger partial charge in [0.1, 0.15) is 12.4 Å². The smallest absolute Gasteiger partial charge is 0.231 e. The molecule has 4 rings (SSSR count). The molecule has 5 nitrogen and oxygen atoms in total. The second kappa shape index (κ2) is 10.6. The van der Waals surface area contributed by atoms with Gasteiger partial charge in [-0.25, -0.2) is 4.39 Å². The topological polar surface area (TPSA) is 49.0 Å². The van der Waals surface area contributed by atoms with Crippen molar-refractivity contribution >= 4 is 24.0 Å². The Balaban J connectivity index is 0.00000272. The van der Waals surface area contributed by atoms with Crippen molar-refractivity contribution < 1.29 is 23.3 Å². The maximum atomic E-state index is 13.9. The number of halogens is 3. The molecule has 3 aromatic carbocycles. The van der Waals surface area contributed by atoms with Gasteiger partial charge in [-0.1, -0.05) is 29.8 Å². The molecule has 0 aliphatic carbocycles. The highest BCUT2D eigenvalue weighted by atomic mass is 35.5. The predicted molar refractivity (Wildman–Crippen MR) is 119 cm³/mol. The molecule has 164 valence electrons. The third kappa shape index (κ3) is 5.53. The molecule has 0 amide bonds. The zero-order valence-corrected chi connectivity index (χ0v) is 18.4. The number of nitrogens with one attached hydrogen (secondary N) is 1. The zero-order valence-electron chi connectivity index (χ0n) is 16.8. The molecule has 0 saturated carbocycles. The summed E-state index contributed by atoms with van der Waals surface area (Å²) < 4.78 is 35.9. The van der Waals surface area contributed by atoms with Crippen molar-refractivity contribution in [3.8, 4) is 23.0 Å². The van der Waals surface area contributed by atoms with Crippen LogP contribution >= 0.6 is 24.0 Å². The lowest BCUT2D eigenvalue weighted by atomic mass is 10.1. The Morgan fingerprint density at radius 2 is 1.71 bits per heavy atom. The van der Waals surface area contributed by atoms with Gasteiger partial charge in [0.2, 0.25) is 6.79 Å². The summed E-state index contributed by atoms with van der Waals surface area (Å²) in [6.07, 6.45) is 0. The lowest BCUT2D eigenvalue weighted by Gasteiger charge is -2.14. The van der Waals surface area contributed by atoms with E-state index in [1.165, 1.54) is 6.07 Å². The SMILES string of the molecule is COc1cc(CNCc2ccc3c(c2)OCO3)ccc1OCc1c(F)cccc1Cl.Cl. The summed E-state index contributed by atoms with van der Waals surface area (Å²) in [6.45, 7) is 1.61. The van der Waals surface area contributed by atoms with Gasteiger partial charge < -0.3 is 24.3 Å². The minimum absolute atomic E-state index is 0. The van der Waals surface area contributed by atoms with Crippen molar-refractivity contribution in [3.63, 3.8) is 0 Å². The first-order valence-corrected chi connectivity index (χ1v) is 9.83. The van der Waals surface area contributed by atoms with E-state index in [-0.39, 0.29) is 25.8 Å². The van der Waals surface area contributed by atoms with Gasteiger partial charge in [0.25, 0.3) is 0 Å². The Morgan fingerprint density at radius 1 is 0.968 bits per heavy atom. The van der Waals surface area contributed by atoms with Crippen LogP contribution in [-0.4, -0.2) is 13.9 Å². The van der Waals surface area contributed by atoms with Gasteiger partial charge in [-0.3, -0.25) is 0 Å². The Kier molecular flexibility index (Phi) is 7.85. The molecule has 3 aromatic rings. The van der Waals surface area contributed by atoms with E-state index in [4.69, 9.17) is 30.5 Å². The summed E-state index contributed by atoms with van der Waals surface area (Å²) in [7, 11) is 1.57. The molecule has 0 aromatic heterocycles. The molecule has 1 aliphatic heterocycles. The molecule has 0 unspecified atom stereocenters. The number of hydrogen-bond acceptors (Lipinski definition) is 5. The fraction of sp³-hybridized carbons (Fsp3) is 0.217. The van der Waals surface area contributed by atoms with Gasteiger partial charge in [-0.15, -0.1) is 12.4 Å². The average molecular weight is 466 g/mol. The van der Waals surface area contributed by atoms with Crippen LogP contribution in [0.1, 0.15) is 16.7 Å². The number of benzene rings is 3. The summed E-state index contributed by atoms with van der Waals surface area (Å²) in [4.78, 5) is 0. The third-order valence-electron chi connectivity index (χ3n) is 4.76. The first-order chi connectivity index (χ1) is 14.6. The number of rotatable bonds is 8. The lowest BCUT2D eigenvalue weighted by molar-refractivity contribution is 0.174. The number of hydrogen-bond donors (Lipinski definition) is 1. The summed E-state index contributed by atoms with van der Waals surface area (Å²) >= 11 is 6.06. The molecule has 1 heterocycles. The quantitative estimate of drug-likeness (QED) is 0.475. The lowest BCUT2D eigenvalue weighted by Crippen LogP contribution is -2.12. The van der Waals surface area contributed by atoms with Crippen LogP contribution < -0.4 is 24.3 Å². The summed E-state index contributed by atoms with van der Waals surface area (Å²) in [5, 5.41) is 3.72. The van der Waals surface area contributed by atoms with Gasteiger partial charge >= 0.3 is 0 Å². The molecule has 0 fully saturated rings. The fourth-order valence-corrected chi connectivity index (χ4v) is 3.38. The molecule has 8 heteroatoms. The first kappa shape index (κ1) is 23.0. The molecule has 1 aliphatic rings. The summed E-state index contributed by atoms with van der Waals surface area (Å²) in [5.74, 6) is 2.25. The van der Waals surface area contributed by atoms with Gasteiger partial charge in [0.05, 0.1) is 12.1 Å². The number of ether oxygens (including phenoxy) is 4. The van der Waals surface area contributed by atoms with Crippen molar-refractivity contribution in [2.75, 3.05) is 13.9 Å². The molecule has 1 N–H and O–H groups in total. The second-order valence-corrected chi connectivity index (χ2v) is 7.17. The molecule has 31 heavy (non-hydrogen) atoms. The molecular formula is C23H22Cl2FNO4. The number of methoxy groups -OCH3 is 1. The van der Waals surface area contributed by atoms with Crippen molar-refractivity contribution in [1.29, 1.82) is 0 Å². The second-order valence-electron chi connectivity index (χ2n) is 6.77. The molecule has 0 spiro atoms. The van der Waals surface area contributed by atoms with E-state index in [0.29, 0.717) is 35.2 Å². The maximum Gasteiger partial charge on any atom is 0.231 e. The van der Waals surface area contributed by atoms with Crippen molar-refractivity contribution in [1.82, 2.24) is 5.32 Å². The minimum Gasteiger partial charge on any atom is -0.493 e. The highest BCUT2D eigenvalue weighted by Crippen LogP contribution is 2.33. The highest BCUT2D eigenvalue weighted by Gasteiger charge is 2.13. The Bertz CT molecular complexity index is 1030. The van der Waals surface area contributed by atoms with Crippen molar-refractivity contribution in [2.45, 2.75) is 19.7 Å². The van der Waals surface area contributed by atoms with Crippen LogP contribution in [0, 0.1) is 5.82 Å². The van der Waals surface area contributed by atoms with Gasteiger partial charge in [0, 0.05) is 18.7 Å². The van der Waals surface area contributed by atoms with E-state index in [1.54, 1.807) is 19.2 Å². The highest BCUT2D eigenvalue weighted by molar-refractivity contribution is 6.31. The van der Waals surface area contributed by atoms with Gasteiger partial charge in [0.15, 0.2) is 23.0 Å². The van der Waals surface area contributed by atoms with E-state index < -0.39 is 5.82 Å². The molecule has 0 radical (unpaired) electrons. The van der Waals surface area contributed by atoms with Gasteiger partial charge in [-0.2, -0.15) is 0 Å². The van der Waals surface area contributed by atoms with E-state index >= 15 is 0 Å². The van der Waals surface area contributed by atoms with Gasteiger partial charge in [-0.05, 0) is 47.5 Å². The molecular weight excluding hydrogens is 444 g/mol. The van der Waals surface area contributed by atoms with Crippen LogP contribution in [0.15, 0.2) is 54.6 Å². The maximum absolute atomic E-state index is 13.9. The third-order valence-corrected chi connectivity index (χ3v) is 5.11. The standard InChI is InChI=1S/C23H21ClFNO4.ClH/c1-27-22-9-15(11-26-12-16-6-8-21-23(10-16)30-14-29-21)5-7-20(22)28-13-17-18(24)3-2-4-19(17)25;/h2-10,26H,11-14H2,1H3;1H. The monoisotopic (exact) mass is 465 g/mol. The largest absolute Gasteiger partial charge is 0.493 e. The van der Waals surface area contributed by atoms with Crippen LogP contribution in [0.2, 0.25) is 5.02 Å². The van der Waals surface area contributed by atoms with Crippen LogP contribution in [-0.2, 0) is 19.7 Å². The van der Waals surface area contributed by atoms with Crippen LogP contribution in [0.3, 0.4) is 0 Å². The molecule has 0 saturated heterocycles. The van der Waals surface area contributed by atoms with E-state index in [0.717, 1.165) is 22.6 Å². The molecule has 0 atom stereocenters. The number of fused-ring (bicyclic) bond motifs is 1. The summed E-state index contributed by atoms with van der Waals surface area (Å²) in [6, 6.07) is 16.1. The van der Waals surface area contributed by atoms with E-state index in [1.807, 2.05) is 36.4 Å². The zero-order chi connectivity index (χ0) is 20.9. The van der Waals surface area contributed by atoms with E-state index in [9.17, 15) is 4.39 Å². The van der Waals surface area contributed by atoms with Crippen molar-refractivity contribution in [3.05, 3.63) is 82.1 Å². The van der Waals surface area contributed by atoms with Crippen LogP contribution in [0.5, 0.6) is 23.0 Å². The Labute approximate surface area is 191 Å². The van der Waals surface area contributed by atoms with Crippen molar-refractivity contribution in [2.24, 2.45) is 0 Å². The average Bonchev–Trinajstić information content (AvgIpc) is 3.22. The normalized spacial score (nSPS) is 11.7.